The van der Waals surface area contributed by atoms with Crippen molar-refractivity contribution in [1.82, 2.24) is 5.32 Å². The van der Waals surface area contributed by atoms with Gasteiger partial charge in [0, 0.05) is 44.2 Å². The number of phenolic OH excluding ortho intramolecular Hbond substituents is 1. The molecule has 10 heteroatoms. The van der Waals surface area contributed by atoms with Crippen LogP contribution >= 0.6 is 0 Å². The third kappa shape index (κ3) is 11.2. The van der Waals surface area contributed by atoms with Gasteiger partial charge in [0.1, 0.15) is 12.2 Å². The molecular formula is C49H67N3O7. The summed E-state index contributed by atoms with van der Waals surface area (Å²) in [5.74, 6) is 1.98. The zero-order chi connectivity index (χ0) is 41.3. The Balaban J connectivity index is 0.820. The molecule has 2 aromatic rings. The van der Waals surface area contributed by atoms with Gasteiger partial charge in [-0.15, -0.1) is 4.99 Å². The van der Waals surface area contributed by atoms with E-state index in [9.17, 15) is 25.5 Å². The number of nitrogens with zero attached hydrogens (tertiary/aromatic N) is 1. The van der Waals surface area contributed by atoms with Gasteiger partial charge in [-0.05, 0) is 86.1 Å². The fraction of sp³-hybridized carbons (Fsp3) is 0.571. The fourth-order valence-corrected chi connectivity index (χ4v) is 10.1. The smallest absolute Gasteiger partial charge is 0.189 e. The van der Waals surface area contributed by atoms with Crippen molar-refractivity contribution < 1.29 is 35.0 Å². The lowest BCUT2D eigenvalue weighted by molar-refractivity contribution is 0.102. The first-order valence-electron chi connectivity index (χ1n) is 22.4. The van der Waals surface area contributed by atoms with E-state index < -0.39 is 18.3 Å². The minimum atomic E-state index is -0.937. The number of phenols is 1. The first-order valence-corrected chi connectivity index (χ1v) is 22.4. The molecule has 10 nitrogen and oxygen atoms in total. The Kier molecular flexibility index (Phi) is 15.3. The summed E-state index contributed by atoms with van der Waals surface area (Å²) in [5, 5.41) is 56.1. The van der Waals surface area contributed by atoms with E-state index in [0.717, 1.165) is 98.4 Å². The zero-order valence-corrected chi connectivity index (χ0v) is 34.9. The average Bonchev–Trinajstić information content (AvgIpc) is 3.97. The third-order valence-corrected chi connectivity index (χ3v) is 13.4. The predicted octanol–water partition coefficient (Wildman–Crippen LogP) is 7.06. The molecule has 7 rings (SSSR count). The van der Waals surface area contributed by atoms with Crippen LogP contribution in [0.15, 0.2) is 76.8 Å². The number of nitrogens with one attached hydrogen (secondary N) is 1. The first kappa shape index (κ1) is 43.5. The Morgan fingerprint density at radius 1 is 1.08 bits per heavy atom. The van der Waals surface area contributed by atoms with Crippen LogP contribution in [0.2, 0.25) is 0 Å². The van der Waals surface area contributed by atoms with Crippen LogP contribution in [0.1, 0.15) is 113 Å². The Morgan fingerprint density at radius 3 is 2.78 bits per heavy atom. The van der Waals surface area contributed by atoms with Crippen LogP contribution < -0.4 is 15.8 Å². The van der Waals surface area contributed by atoms with Crippen LogP contribution in [0, 0.1) is 35.8 Å². The molecule has 0 bridgehead atoms. The van der Waals surface area contributed by atoms with Gasteiger partial charge in [0.05, 0.1) is 24.2 Å². The monoisotopic (exact) mass is 809 g/mol. The topological polar surface area (TPSA) is 170 Å². The Hall–Kier alpha value is -3.61. The second-order valence-corrected chi connectivity index (χ2v) is 17.8. The van der Waals surface area contributed by atoms with Gasteiger partial charge >= 0.3 is 0 Å². The highest BCUT2D eigenvalue weighted by Gasteiger charge is 2.47. The molecule has 2 saturated carbocycles. The summed E-state index contributed by atoms with van der Waals surface area (Å²) in [7, 11) is 0. The molecule has 0 saturated heterocycles. The number of hydrogen-bond donors (Lipinski definition) is 7. The van der Waals surface area contributed by atoms with E-state index in [1.165, 1.54) is 24.8 Å². The number of ether oxygens (including phenoxy) is 2. The molecule has 3 aliphatic carbocycles. The van der Waals surface area contributed by atoms with E-state index in [1.54, 1.807) is 13.0 Å². The van der Waals surface area contributed by atoms with Crippen molar-refractivity contribution in [1.29, 1.82) is 0 Å². The molecule has 2 fully saturated rings. The van der Waals surface area contributed by atoms with Gasteiger partial charge in [0.25, 0.3) is 0 Å². The summed E-state index contributed by atoms with van der Waals surface area (Å²) >= 11 is 0. The van der Waals surface area contributed by atoms with Crippen molar-refractivity contribution in [2.24, 2.45) is 34.4 Å². The highest BCUT2D eigenvalue weighted by molar-refractivity contribution is 6.04. The van der Waals surface area contributed by atoms with E-state index in [1.807, 2.05) is 42.5 Å². The largest absolute Gasteiger partial charge is 0.504 e. The first-order chi connectivity index (χ1) is 28.7. The maximum absolute atomic E-state index is 11.2. The minimum Gasteiger partial charge on any atom is -0.504 e. The van der Waals surface area contributed by atoms with E-state index >= 15 is 0 Å². The van der Waals surface area contributed by atoms with Crippen molar-refractivity contribution >= 4 is 11.8 Å². The molecule has 9 atom stereocenters. The number of nitrogens with two attached hydrogens (primary N) is 1. The summed E-state index contributed by atoms with van der Waals surface area (Å²) in [6.45, 7) is 3.08. The SMILES string of the molecule is C[C@H](O)CNC[C@@H]1C2=C[C+]([C@@H](O)COc3cc(CC[C-]4C=C(CO)C(CCCCCC[C@H](N)C[C@@H]5C=Cc6ccccc6[C@H]5O)O4)ccc3O)N=C2CC[C@H]2CCC[C@@H]21. The molecule has 0 aromatic heterocycles. The highest BCUT2D eigenvalue weighted by atomic mass is 16.5. The third-order valence-electron chi connectivity index (χ3n) is 13.4. The van der Waals surface area contributed by atoms with Crippen LogP contribution in [0.25, 0.3) is 6.08 Å². The van der Waals surface area contributed by atoms with Crippen LogP contribution in [0.5, 0.6) is 11.5 Å². The van der Waals surface area contributed by atoms with Crippen molar-refractivity contribution in [3.8, 4) is 11.5 Å². The molecular weight excluding hydrogens is 743 g/mol. The molecule has 0 amide bonds. The number of fused-ring (bicyclic) bond motifs is 3. The summed E-state index contributed by atoms with van der Waals surface area (Å²) in [6, 6.07) is 14.0. The number of unbranched alkanes of at least 4 members (excludes halogenated alkanes) is 3. The van der Waals surface area contributed by atoms with Crippen molar-refractivity contribution in [3.05, 3.63) is 101 Å². The van der Waals surface area contributed by atoms with Crippen LogP contribution in [0.4, 0.5) is 0 Å². The number of aryl methyl sites for hydroxylation is 1. The van der Waals surface area contributed by atoms with Gasteiger partial charge in [0.2, 0.25) is 0 Å². The molecule has 1 unspecified atom stereocenters. The molecule has 2 aromatic carbocycles. The van der Waals surface area contributed by atoms with Gasteiger partial charge in [-0.3, -0.25) is 0 Å². The van der Waals surface area contributed by atoms with E-state index in [-0.39, 0.29) is 37.0 Å². The number of aliphatic hydroxyl groups excluding tert-OH is 4. The van der Waals surface area contributed by atoms with E-state index in [4.69, 9.17) is 20.2 Å². The Bertz CT molecular complexity index is 1810. The summed E-state index contributed by atoms with van der Waals surface area (Å²) in [6.07, 6.45) is 21.0. The maximum atomic E-state index is 11.2. The van der Waals surface area contributed by atoms with E-state index in [2.05, 4.69) is 23.5 Å². The standard InChI is InChI=1S/C49H67N3O7/c1-31(54)27-51-28-42-39-13-8-10-33(39)19-21-43-41(42)26-44(52-43)46(56)30-58-48-23-32(16-22-45(48)55)15-20-38-25-36(29-53)47(59-38)14-5-3-2-4-11-37(50)24-35-18-17-34-9-6-7-12-40(34)49(35)57/h6-7,9,12,16-18,22-23,25-26,31,33,35,37,39,42,46-47,49,51,53-57H,2-5,8,10-11,13-15,19-21,24,27-30,50H2,1H3/t31-,33+,35-,37-,39-,42-,46-,47?,49-/m0/s1. The van der Waals surface area contributed by atoms with Crippen molar-refractivity contribution in [2.75, 3.05) is 26.3 Å². The normalized spacial score (nSPS) is 26.4. The second kappa shape index (κ2) is 20.8. The quantitative estimate of drug-likeness (QED) is 0.0516. The molecule has 2 heterocycles. The van der Waals surface area contributed by atoms with Gasteiger partial charge in [0.15, 0.2) is 29.4 Å². The number of aliphatic imine (C=N–C) groups is 1. The van der Waals surface area contributed by atoms with E-state index in [0.29, 0.717) is 48.9 Å². The molecule has 320 valence electrons. The Morgan fingerprint density at radius 2 is 1.93 bits per heavy atom. The molecule has 0 radical (unpaired) electrons. The van der Waals surface area contributed by atoms with Crippen LogP contribution in [-0.2, 0) is 11.2 Å². The summed E-state index contributed by atoms with van der Waals surface area (Å²) < 4.78 is 12.3. The highest BCUT2D eigenvalue weighted by Crippen LogP contribution is 2.47. The number of rotatable bonds is 21. The summed E-state index contributed by atoms with van der Waals surface area (Å²) in [4.78, 5) is 4.92. The average molecular weight is 810 g/mol. The molecule has 59 heavy (non-hydrogen) atoms. The molecule has 0 spiro atoms. The van der Waals surface area contributed by atoms with Gasteiger partial charge in [-0.2, -0.15) is 11.6 Å². The zero-order valence-electron chi connectivity index (χ0n) is 34.9. The van der Waals surface area contributed by atoms with Gasteiger partial charge in [-0.25, -0.2) is 0 Å². The number of benzene rings is 2. The van der Waals surface area contributed by atoms with Crippen LogP contribution in [0.3, 0.4) is 0 Å². The van der Waals surface area contributed by atoms with Crippen molar-refractivity contribution in [3.63, 3.8) is 0 Å². The number of aliphatic hydroxyl groups is 4. The van der Waals surface area contributed by atoms with Gasteiger partial charge in [-0.1, -0.05) is 93.5 Å². The number of hydrogen-bond acceptors (Lipinski definition) is 10. The fourth-order valence-electron chi connectivity index (χ4n) is 10.1. The lowest BCUT2D eigenvalue weighted by atomic mass is 9.80. The lowest BCUT2D eigenvalue weighted by Crippen LogP contribution is -2.34. The molecule has 2 aliphatic heterocycles. The minimum absolute atomic E-state index is 0.0179. The molecule has 5 aliphatic rings. The van der Waals surface area contributed by atoms with Crippen LogP contribution in [-0.4, -0.2) is 81.9 Å². The second-order valence-electron chi connectivity index (χ2n) is 17.8. The lowest BCUT2D eigenvalue weighted by Gasteiger charge is -2.27. The molecule has 8 N–H and O–H groups in total. The Labute approximate surface area is 351 Å². The van der Waals surface area contributed by atoms with Gasteiger partial charge < -0.3 is 46.1 Å². The number of aromatic hydroxyl groups is 1. The predicted molar refractivity (Wildman–Crippen MR) is 232 cm³/mol. The maximum Gasteiger partial charge on any atom is 0.189 e. The van der Waals surface area contributed by atoms with Crippen molar-refractivity contribution in [2.45, 2.75) is 127 Å². The summed E-state index contributed by atoms with van der Waals surface area (Å²) in [5.41, 5.74) is 12.7.